The predicted molar refractivity (Wildman–Crippen MR) is 58.4 cm³/mol. The van der Waals surface area contributed by atoms with Crippen LogP contribution < -0.4 is 5.32 Å². The van der Waals surface area contributed by atoms with Gasteiger partial charge in [-0.15, -0.1) is 12.4 Å². The SMILES string of the molecule is CC1(C)CC(CO)CC(C)(C)N1.Cl. The summed E-state index contributed by atoms with van der Waals surface area (Å²) in [5.41, 5.74) is 0.351. The Morgan fingerprint density at radius 3 is 1.85 bits per heavy atom. The lowest BCUT2D eigenvalue weighted by atomic mass is 9.76. The van der Waals surface area contributed by atoms with Crippen molar-refractivity contribution in [1.82, 2.24) is 5.32 Å². The smallest absolute Gasteiger partial charge is 0.0460 e. The molecule has 0 saturated carbocycles. The highest BCUT2D eigenvalue weighted by atomic mass is 35.5. The summed E-state index contributed by atoms with van der Waals surface area (Å²) >= 11 is 0. The van der Waals surface area contributed by atoms with Gasteiger partial charge in [0.1, 0.15) is 0 Å². The zero-order chi connectivity index (χ0) is 9.41. The first kappa shape index (κ1) is 13.2. The van der Waals surface area contributed by atoms with Gasteiger partial charge in [0.2, 0.25) is 0 Å². The molecule has 1 saturated heterocycles. The van der Waals surface area contributed by atoms with E-state index in [9.17, 15) is 0 Å². The number of halogens is 1. The number of aliphatic hydroxyl groups excluding tert-OH is 1. The number of rotatable bonds is 1. The maximum absolute atomic E-state index is 9.13. The van der Waals surface area contributed by atoms with E-state index < -0.39 is 0 Å². The summed E-state index contributed by atoms with van der Waals surface area (Å²) in [6, 6.07) is 0. The second-order valence-corrected chi connectivity index (χ2v) is 5.35. The fourth-order valence-electron chi connectivity index (χ4n) is 2.66. The molecule has 2 nitrogen and oxygen atoms in total. The standard InChI is InChI=1S/C10H21NO.ClH/c1-9(2)5-8(7-12)6-10(3,4)11-9;/h8,11-12H,5-7H2,1-4H3;1H. The van der Waals surface area contributed by atoms with Crippen LogP contribution in [0.5, 0.6) is 0 Å². The second-order valence-electron chi connectivity index (χ2n) is 5.35. The van der Waals surface area contributed by atoms with Crippen LogP contribution in [0.15, 0.2) is 0 Å². The van der Waals surface area contributed by atoms with E-state index in [-0.39, 0.29) is 23.5 Å². The molecule has 0 aromatic rings. The van der Waals surface area contributed by atoms with Gasteiger partial charge in [-0.05, 0) is 46.5 Å². The minimum absolute atomic E-state index is 0. The molecular formula is C10H22ClNO. The molecule has 0 unspecified atom stereocenters. The molecular weight excluding hydrogens is 186 g/mol. The molecule has 1 rings (SSSR count). The van der Waals surface area contributed by atoms with Gasteiger partial charge in [-0.1, -0.05) is 0 Å². The third-order valence-corrected chi connectivity index (χ3v) is 2.53. The molecule has 2 N–H and O–H groups in total. The molecule has 0 bridgehead atoms. The maximum Gasteiger partial charge on any atom is 0.0460 e. The fourth-order valence-corrected chi connectivity index (χ4v) is 2.66. The minimum atomic E-state index is 0. The van der Waals surface area contributed by atoms with Crippen LogP contribution in [0.2, 0.25) is 0 Å². The Hall–Kier alpha value is 0.210. The van der Waals surface area contributed by atoms with Gasteiger partial charge in [0.25, 0.3) is 0 Å². The summed E-state index contributed by atoms with van der Waals surface area (Å²) in [5.74, 6) is 0.469. The van der Waals surface area contributed by atoms with E-state index in [0.29, 0.717) is 12.5 Å². The van der Waals surface area contributed by atoms with Crippen molar-refractivity contribution in [3.8, 4) is 0 Å². The van der Waals surface area contributed by atoms with Crippen molar-refractivity contribution in [1.29, 1.82) is 0 Å². The van der Waals surface area contributed by atoms with Crippen molar-refractivity contribution in [3.05, 3.63) is 0 Å². The van der Waals surface area contributed by atoms with Crippen LogP contribution in [0.4, 0.5) is 0 Å². The number of hydrogen-bond donors (Lipinski definition) is 2. The Bertz CT molecular complexity index is 152. The van der Waals surface area contributed by atoms with Gasteiger partial charge in [-0.25, -0.2) is 0 Å². The zero-order valence-electron chi connectivity index (χ0n) is 9.05. The zero-order valence-corrected chi connectivity index (χ0v) is 9.87. The van der Waals surface area contributed by atoms with E-state index in [1.165, 1.54) is 0 Å². The van der Waals surface area contributed by atoms with Crippen molar-refractivity contribution < 1.29 is 5.11 Å². The van der Waals surface area contributed by atoms with Crippen LogP contribution >= 0.6 is 12.4 Å². The third-order valence-electron chi connectivity index (χ3n) is 2.53. The van der Waals surface area contributed by atoms with Gasteiger partial charge in [-0.2, -0.15) is 0 Å². The summed E-state index contributed by atoms with van der Waals surface area (Å²) in [4.78, 5) is 0. The highest BCUT2D eigenvalue weighted by Crippen LogP contribution is 2.32. The van der Waals surface area contributed by atoms with Crippen LogP contribution in [-0.4, -0.2) is 22.8 Å². The maximum atomic E-state index is 9.13. The topological polar surface area (TPSA) is 32.3 Å². The molecule has 0 aliphatic carbocycles. The van der Waals surface area contributed by atoms with Crippen LogP contribution in [0.25, 0.3) is 0 Å². The summed E-state index contributed by atoms with van der Waals surface area (Å²) in [6.45, 7) is 9.15. The number of hydrogen-bond acceptors (Lipinski definition) is 2. The quantitative estimate of drug-likeness (QED) is 0.689. The number of aliphatic hydroxyl groups is 1. The van der Waals surface area contributed by atoms with E-state index >= 15 is 0 Å². The van der Waals surface area contributed by atoms with Crippen molar-refractivity contribution in [2.45, 2.75) is 51.6 Å². The predicted octanol–water partition coefficient (Wildman–Crippen LogP) is 1.96. The Kier molecular flexibility index (Phi) is 4.23. The molecule has 0 aromatic carbocycles. The molecule has 1 aliphatic heterocycles. The highest BCUT2D eigenvalue weighted by molar-refractivity contribution is 5.85. The average molecular weight is 208 g/mol. The number of piperidine rings is 1. The molecule has 0 spiro atoms. The van der Waals surface area contributed by atoms with Gasteiger partial charge in [0.05, 0.1) is 0 Å². The van der Waals surface area contributed by atoms with Gasteiger partial charge in [-0.3, -0.25) is 0 Å². The molecule has 0 amide bonds. The molecule has 1 aliphatic rings. The molecule has 0 radical (unpaired) electrons. The first-order valence-electron chi connectivity index (χ1n) is 4.75. The average Bonchev–Trinajstić information content (AvgIpc) is 1.80. The van der Waals surface area contributed by atoms with Crippen LogP contribution in [0.3, 0.4) is 0 Å². The Labute approximate surface area is 87.5 Å². The molecule has 1 fully saturated rings. The van der Waals surface area contributed by atoms with Crippen molar-refractivity contribution in [2.75, 3.05) is 6.61 Å². The summed E-state index contributed by atoms with van der Waals surface area (Å²) < 4.78 is 0. The van der Waals surface area contributed by atoms with E-state index in [1.54, 1.807) is 0 Å². The molecule has 13 heavy (non-hydrogen) atoms. The highest BCUT2D eigenvalue weighted by Gasteiger charge is 2.36. The summed E-state index contributed by atoms with van der Waals surface area (Å²) in [6.07, 6.45) is 2.15. The largest absolute Gasteiger partial charge is 0.396 e. The molecule has 0 atom stereocenters. The van der Waals surface area contributed by atoms with Crippen LogP contribution in [-0.2, 0) is 0 Å². The lowest BCUT2D eigenvalue weighted by Crippen LogP contribution is -2.58. The molecule has 80 valence electrons. The Morgan fingerprint density at radius 1 is 1.15 bits per heavy atom. The lowest BCUT2D eigenvalue weighted by Gasteiger charge is -2.46. The Balaban J connectivity index is 0.00000144. The van der Waals surface area contributed by atoms with Gasteiger partial charge in [0.15, 0.2) is 0 Å². The van der Waals surface area contributed by atoms with E-state index in [2.05, 4.69) is 33.0 Å². The molecule has 3 heteroatoms. The Morgan fingerprint density at radius 2 is 1.54 bits per heavy atom. The summed E-state index contributed by atoms with van der Waals surface area (Å²) in [5, 5.41) is 12.7. The summed E-state index contributed by atoms with van der Waals surface area (Å²) in [7, 11) is 0. The molecule has 1 heterocycles. The van der Waals surface area contributed by atoms with Gasteiger partial charge in [0, 0.05) is 17.7 Å². The van der Waals surface area contributed by atoms with Crippen molar-refractivity contribution in [2.24, 2.45) is 5.92 Å². The van der Waals surface area contributed by atoms with E-state index in [1.807, 2.05) is 0 Å². The first-order valence-corrected chi connectivity index (χ1v) is 4.75. The number of nitrogens with one attached hydrogen (secondary N) is 1. The van der Waals surface area contributed by atoms with Gasteiger partial charge < -0.3 is 10.4 Å². The monoisotopic (exact) mass is 207 g/mol. The van der Waals surface area contributed by atoms with Crippen molar-refractivity contribution >= 4 is 12.4 Å². The minimum Gasteiger partial charge on any atom is -0.396 e. The fraction of sp³-hybridized carbons (Fsp3) is 1.00. The van der Waals surface area contributed by atoms with Gasteiger partial charge >= 0.3 is 0 Å². The normalized spacial score (nSPS) is 26.5. The molecule has 0 aromatic heterocycles. The van der Waals surface area contributed by atoms with E-state index in [0.717, 1.165) is 12.8 Å². The second kappa shape index (κ2) is 4.16. The van der Waals surface area contributed by atoms with Crippen molar-refractivity contribution in [3.63, 3.8) is 0 Å². The van der Waals surface area contributed by atoms with Crippen LogP contribution in [0.1, 0.15) is 40.5 Å². The lowest BCUT2D eigenvalue weighted by molar-refractivity contribution is 0.0857. The van der Waals surface area contributed by atoms with Crippen LogP contribution in [0, 0.1) is 5.92 Å². The first-order chi connectivity index (χ1) is 5.35. The third kappa shape index (κ3) is 3.84. The van der Waals surface area contributed by atoms with E-state index in [4.69, 9.17) is 5.11 Å².